The predicted octanol–water partition coefficient (Wildman–Crippen LogP) is 2.01. The molecule has 1 fully saturated rings. The van der Waals surface area contributed by atoms with Crippen LogP contribution >= 0.6 is 11.6 Å². The number of benzene rings is 2. The molecule has 2 aromatic carbocycles. The Kier molecular flexibility index (Phi) is 6.90. The van der Waals surface area contributed by atoms with Gasteiger partial charge in [0.1, 0.15) is 5.75 Å². The van der Waals surface area contributed by atoms with Crippen molar-refractivity contribution in [2.75, 3.05) is 20.3 Å². The fourth-order valence-corrected chi connectivity index (χ4v) is 3.72. The van der Waals surface area contributed by atoms with Crippen molar-refractivity contribution in [3.8, 4) is 11.4 Å². The molecule has 33 heavy (non-hydrogen) atoms. The number of hydrogen-bond acceptors (Lipinski definition) is 6. The molecule has 1 atom stereocenters. The predicted molar refractivity (Wildman–Crippen MR) is 123 cm³/mol. The summed E-state index contributed by atoms with van der Waals surface area (Å²) in [5, 5.41) is 7.28. The highest BCUT2D eigenvalue weighted by Gasteiger charge is 2.22. The third-order valence-electron chi connectivity index (χ3n) is 5.34. The van der Waals surface area contributed by atoms with E-state index in [1.54, 1.807) is 48.5 Å². The van der Waals surface area contributed by atoms with Gasteiger partial charge < -0.3 is 14.8 Å². The van der Waals surface area contributed by atoms with E-state index in [2.05, 4.69) is 10.4 Å². The van der Waals surface area contributed by atoms with Crippen molar-refractivity contribution in [1.29, 1.82) is 0 Å². The summed E-state index contributed by atoms with van der Waals surface area (Å²) in [6, 6.07) is 13.4. The van der Waals surface area contributed by atoms with Crippen molar-refractivity contribution in [1.82, 2.24) is 19.7 Å². The molecule has 1 aliphatic heterocycles. The summed E-state index contributed by atoms with van der Waals surface area (Å²) < 4.78 is 12.8. The first-order valence-electron chi connectivity index (χ1n) is 10.5. The lowest BCUT2D eigenvalue weighted by molar-refractivity contribution is 0.0849. The number of aromatic nitrogens is 3. The number of halogens is 1. The highest BCUT2D eigenvalue weighted by Crippen LogP contribution is 2.14. The van der Waals surface area contributed by atoms with Crippen molar-refractivity contribution in [2.45, 2.75) is 25.5 Å². The van der Waals surface area contributed by atoms with Crippen molar-refractivity contribution in [3.05, 3.63) is 85.6 Å². The van der Waals surface area contributed by atoms with Gasteiger partial charge >= 0.3 is 5.69 Å². The molecule has 1 amide bonds. The summed E-state index contributed by atoms with van der Waals surface area (Å²) in [5.41, 5.74) is -0.811. The number of nitrogens with zero attached hydrogens (tertiary/aromatic N) is 3. The largest absolute Gasteiger partial charge is 0.497 e. The first kappa shape index (κ1) is 22.8. The summed E-state index contributed by atoms with van der Waals surface area (Å²) in [5.74, 6) is -0.0835. The van der Waals surface area contributed by atoms with E-state index in [9.17, 15) is 14.4 Å². The van der Waals surface area contributed by atoms with Crippen molar-refractivity contribution >= 4 is 17.5 Å². The molecule has 0 bridgehead atoms. The molecule has 0 spiro atoms. The Bertz CT molecular complexity index is 1260. The second-order valence-electron chi connectivity index (χ2n) is 7.61. The Morgan fingerprint density at radius 1 is 1.24 bits per heavy atom. The van der Waals surface area contributed by atoms with Crippen LogP contribution in [0.2, 0.25) is 5.02 Å². The van der Waals surface area contributed by atoms with Gasteiger partial charge in [-0.2, -0.15) is 9.78 Å². The number of carbonyl (C=O) groups excluding carboxylic acids is 1. The highest BCUT2D eigenvalue weighted by molar-refractivity contribution is 6.30. The van der Waals surface area contributed by atoms with Crippen molar-refractivity contribution in [2.24, 2.45) is 0 Å². The zero-order valence-electron chi connectivity index (χ0n) is 18.0. The minimum absolute atomic E-state index is 0.0585. The standard InChI is InChI=1S/C23H23ClN4O5/c1-32-18-5-2-4-15(12-18)14-27-22(30)20(21(29)25-13-19-6-3-11-33-19)26-28(23(27)31)17-9-7-16(24)8-10-17/h2,4-5,7-10,12,19H,3,6,11,13-14H2,1H3,(H,25,29)/t19-/m0/s1. The van der Waals surface area contributed by atoms with Gasteiger partial charge in [0.25, 0.3) is 11.5 Å². The van der Waals surface area contributed by atoms with Crippen LogP contribution in [0.3, 0.4) is 0 Å². The van der Waals surface area contributed by atoms with Gasteiger partial charge in [-0.3, -0.25) is 14.2 Å². The minimum atomic E-state index is -0.780. The van der Waals surface area contributed by atoms with Crippen LogP contribution < -0.4 is 21.3 Å². The number of amides is 1. The quantitative estimate of drug-likeness (QED) is 0.566. The van der Waals surface area contributed by atoms with Crippen LogP contribution in [0.4, 0.5) is 0 Å². The number of carbonyl (C=O) groups is 1. The topological polar surface area (TPSA) is 104 Å². The Morgan fingerprint density at radius 3 is 2.73 bits per heavy atom. The van der Waals surface area contributed by atoms with E-state index >= 15 is 0 Å². The van der Waals surface area contributed by atoms with E-state index in [-0.39, 0.29) is 24.9 Å². The lowest BCUT2D eigenvalue weighted by Crippen LogP contribution is -2.46. The molecule has 1 aliphatic rings. The van der Waals surface area contributed by atoms with Crippen LogP contribution in [0.15, 0.2) is 58.1 Å². The molecule has 0 saturated carbocycles. The molecule has 10 heteroatoms. The smallest absolute Gasteiger partial charge is 0.352 e. The highest BCUT2D eigenvalue weighted by atomic mass is 35.5. The molecule has 0 unspecified atom stereocenters. The van der Waals surface area contributed by atoms with Gasteiger partial charge in [-0.25, -0.2) is 4.79 Å². The number of nitrogens with one attached hydrogen (secondary N) is 1. The van der Waals surface area contributed by atoms with Crippen LogP contribution in [-0.2, 0) is 11.3 Å². The maximum absolute atomic E-state index is 13.2. The molecule has 172 valence electrons. The molecule has 4 rings (SSSR count). The molecule has 1 saturated heterocycles. The lowest BCUT2D eigenvalue weighted by atomic mass is 10.2. The van der Waals surface area contributed by atoms with Gasteiger partial charge in [0.2, 0.25) is 5.69 Å². The number of hydrogen-bond donors (Lipinski definition) is 1. The van der Waals surface area contributed by atoms with E-state index in [0.717, 1.165) is 22.1 Å². The molecule has 3 aromatic rings. The lowest BCUT2D eigenvalue weighted by Gasteiger charge is -2.14. The summed E-state index contributed by atoms with van der Waals surface area (Å²) in [6.45, 7) is 0.848. The van der Waals surface area contributed by atoms with Crippen LogP contribution in [0.25, 0.3) is 5.69 Å². The Hall–Kier alpha value is -3.43. The maximum Gasteiger partial charge on any atom is 0.352 e. The van der Waals surface area contributed by atoms with Gasteiger partial charge in [0.15, 0.2) is 0 Å². The van der Waals surface area contributed by atoms with E-state index in [1.807, 2.05) is 0 Å². The summed E-state index contributed by atoms with van der Waals surface area (Å²) >= 11 is 5.97. The number of rotatable bonds is 7. The van der Waals surface area contributed by atoms with Gasteiger partial charge in [-0.15, -0.1) is 0 Å². The van der Waals surface area contributed by atoms with E-state index in [4.69, 9.17) is 21.1 Å². The fourth-order valence-electron chi connectivity index (χ4n) is 3.60. The molecule has 1 N–H and O–H groups in total. The Labute approximate surface area is 194 Å². The van der Waals surface area contributed by atoms with Crippen molar-refractivity contribution < 1.29 is 14.3 Å². The maximum atomic E-state index is 13.2. The molecule has 1 aromatic heterocycles. The van der Waals surface area contributed by atoms with E-state index in [1.165, 1.54) is 7.11 Å². The SMILES string of the molecule is COc1cccc(Cn2c(=O)c(C(=O)NC[C@@H]3CCCO3)nn(-c3ccc(Cl)cc3)c2=O)c1. The van der Waals surface area contributed by atoms with Gasteiger partial charge in [-0.1, -0.05) is 23.7 Å². The monoisotopic (exact) mass is 470 g/mol. The van der Waals surface area contributed by atoms with E-state index in [0.29, 0.717) is 28.6 Å². The second-order valence-corrected chi connectivity index (χ2v) is 8.04. The average Bonchev–Trinajstić information content (AvgIpc) is 3.35. The summed E-state index contributed by atoms with van der Waals surface area (Å²) in [6.07, 6.45) is 1.65. The normalized spacial score (nSPS) is 15.4. The average molecular weight is 471 g/mol. The summed E-state index contributed by atoms with van der Waals surface area (Å²) in [7, 11) is 1.53. The summed E-state index contributed by atoms with van der Waals surface area (Å²) in [4.78, 5) is 39.3. The Morgan fingerprint density at radius 2 is 2.03 bits per heavy atom. The zero-order chi connectivity index (χ0) is 23.4. The van der Waals surface area contributed by atoms with Crippen LogP contribution in [0, 0.1) is 0 Å². The molecule has 0 aliphatic carbocycles. The fraction of sp³-hybridized carbons (Fsp3) is 0.304. The van der Waals surface area contributed by atoms with Gasteiger partial charge in [0.05, 0.1) is 25.4 Å². The third-order valence-corrected chi connectivity index (χ3v) is 5.59. The molecular formula is C23H23ClN4O5. The number of methoxy groups -OCH3 is 1. The van der Waals surface area contributed by atoms with Crippen LogP contribution in [0.5, 0.6) is 5.75 Å². The number of ether oxygens (including phenoxy) is 2. The van der Waals surface area contributed by atoms with Crippen molar-refractivity contribution in [3.63, 3.8) is 0 Å². The second kappa shape index (κ2) is 10.0. The van der Waals surface area contributed by atoms with Gasteiger partial charge in [0, 0.05) is 18.2 Å². The van der Waals surface area contributed by atoms with Crippen LogP contribution in [-0.4, -0.2) is 46.6 Å². The van der Waals surface area contributed by atoms with E-state index < -0.39 is 17.2 Å². The molecule has 9 nitrogen and oxygen atoms in total. The first-order chi connectivity index (χ1) is 16.0. The Balaban J connectivity index is 1.76. The minimum Gasteiger partial charge on any atom is -0.497 e. The third kappa shape index (κ3) is 5.15. The molecular weight excluding hydrogens is 448 g/mol. The van der Waals surface area contributed by atoms with Gasteiger partial charge in [-0.05, 0) is 54.8 Å². The molecule has 0 radical (unpaired) electrons. The molecule has 2 heterocycles. The zero-order valence-corrected chi connectivity index (χ0v) is 18.7. The van der Waals surface area contributed by atoms with Crippen LogP contribution in [0.1, 0.15) is 28.9 Å². The first-order valence-corrected chi connectivity index (χ1v) is 10.9.